The summed E-state index contributed by atoms with van der Waals surface area (Å²) in [5, 5.41) is 0. The number of benzene rings is 4. The summed E-state index contributed by atoms with van der Waals surface area (Å²) in [7, 11) is 0. The van der Waals surface area contributed by atoms with Gasteiger partial charge in [0, 0.05) is 0 Å². The molecule has 4 aromatic rings. The number of aryl methyl sites for hydroxylation is 1. The third-order valence-electron chi connectivity index (χ3n) is 6.30. The van der Waals surface area contributed by atoms with Crippen molar-refractivity contribution in [2.75, 3.05) is 0 Å². The molecule has 0 nitrogen and oxygen atoms in total. The monoisotopic (exact) mass is 428 g/mol. The lowest BCUT2D eigenvalue weighted by Gasteiger charge is -2.08. The molecular formula is C33H32. The summed E-state index contributed by atoms with van der Waals surface area (Å²) < 4.78 is 0. The number of rotatable bonds is 3. The van der Waals surface area contributed by atoms with Gasteiger partial charge in [-0.05, 0) is 69.3 Å². The number of hydrogen-bond donors (Lipinski definition) is 0. The number of hydrogen-bond acceptors (Lipinski definition) is 0. The Balaban J connectivity index is 0.000000138. The van der Waals surface area contributed by atoms with E-state index in [2.05, 4.69) is 111 Å². The van der Waals surface area contributed by atoms with E-state index in [1.54, 1.807) is 12.2 Å². The Kier molecular flexibility index (Phi) is 7.37. The van der Waals surface area contributed by atoms with Crippen molar-refractivity contribution in [2.45, 2.75) is 32.6 Å². The molecule has 0 saturated heterocycles. The van der Waals surface area contributed by atoms with Gasteiger partial charge in [0.25, 0.3) is 0 Å². The summed E-state index contributed by atoms with van der Waals surface area (Å²) in [5.41, 5.74) is 13.2. The van der Waals surface area contributed by atoms with Gasteiger partial charge in [-0.25, -0.2) is 0 Å². The van der Waals surface area contributed by atoms with Crippen LogP contribution < -0.4 is 0 Å². The Hall–Kier alpha value is -3.64. The van der Waals surface area contributed by atoms with E-state index in [4.69, 9.17) is 0 Å². The Morgan fingerprint density at radius 1 is 0.576 bits per heavy atom. The van der Waals surface area contributed by atoms with Gasteiger partial charge in [0.15, 0.2) is 0 Å². The first-order chi connectivity index (χ1) is 16.3. The first-order valence-electron chi connectivity index (χ1n) is 11.9. The zero-order valence-electron chi connectivity index (χ0n) is 19.6. The first-order valence-corrected chi connectivity index (χ1v) is 11.9. The summed E-state index contributed by atoms with van der Waals surface area (Å²) in [5.74, 6) is 0. The average molecular weight is 429 g/mol. The fraction of sp³-hybridized carbons (Fsp3) is 0.152. The molecule has 164 valence electrons. The summed E-state index contributed by atoms with van der Waals surface area (Å²) in [4.78, 5) is 0. The van der Waals surface area contributed by atoms with Crippen molar-refractivity contribution in [3.63, 3.8) is 0 Å². The van der Waals surface area contributed by atoms with Gasteiger partial charge >= 0.3 is 0 Å². The van der Waals surface area contributed by atoms with Gasteiger partial charge in [-0.2, -0.15) is 0 Å². The molecule has 2 aliphatic carbocycles. The van der Waals surface area contributed by atoms with Gasteiger partial charge < -0.3 is 0 Å². The largest absolute Gasteiger partial charge is 0.0991 e. The second-order valence-electron chi connectivity index (χ2n) is 8.50. The Morgan fingerprint density at radius 3 is 1.58 bits per heavy atom. The van der Waals surface area contributed by atoms with E-state index in [1.165, 1.54) is 62.9 Å². The van der Waals surface area contributed by atoms with E-state index in [0.29, 0.717) is 0 Å². The van der Waals surface area contributed by atoms with Crippen molar-refractivity contribution in [1.82, 2.24) is 0 Å². The normalized spacial score (nSPS) is 11.4. The van der Waals surface area contributed by atoms with Gasteiger partial charge in [-0.15, -0.1) is 0 Å². The summed E-state index contributed by atoms with van der Waals surface area (Å²) >= 11 is 0. The molecule has 0 heterocycles. The van der Waals surface area contributed by atoms with Crippen molar-refractivity contribution < 1.29 is 0 Å². The van der Waals surface area contributed by atoms with Crippen LogP contribution in [-0.2, 0) is 19.3 Å². The van der Waals surface area contributed by atoms with Gasteiger partial charge in [0.2, 0.25) is 0 Å². The molecule has 0 spiro atoms. The van der Waals surface area contributed by atoms with Crippen LogP contribution in [0.1, 0.15) is 41.2 Å². The molecule has 0 unspecified atom stereocenters. The van der Waals surface area contributed by atoms with E-state index >= 15 is 0 Å². The lowest BCUT2D eigenvalue weighted by Crippen LogP contribution is -1.89. The fourth-order valence-corrected chi connectivity index (χ4v) is 4.83. The van der Waals surface area contributed by atoms with Crippen molar-refractivity contribution in [3.8, 4) is 22.3 Å². The fourth-order valence-electron chi connectivity index (χ4n) is 4.83. The molecule has 0 atom stereocenters. The average Bonchev–Trinajstić information content (AvgIpc) is 3.44. The lowest BCUT2D eigenvalue weighted by atomic mass is 9.97. The molecule has 0 bridgehead atoms. The summed E-state index contributed by atoms with van der Waals surface area (Å²) in [6, 6.07) is 32.9. The van der Waals surface area contributed by atoms with Gasteiger partial charge in [0.1, 0.15) is 0 Å². The summed E-state index contributed by atoms with van der Waals surface area (Å²) in [6.45, 7) is 8.97. The third kappa shape index (κ3) is 4.91. The van der Waals surface area contributed by atoms with Gasteiger partial charge in [0.05, 0.1) is 0 Å². The molecule has 0 aromatic heterocycles. The van der Waals surface area contributed by atoms with Crippen molar-refractivity contribution in [3.05, 3.63) is 144 Å². The predicted octanol–water partition coefficient (Wildman–Crippen LogP) is 8.83. The molecule has 0 heteroatoms. The lowest BCUT2D eigenvalue weighted by molar-refractivity contribution is 0.923. The maximum Gasteiger partial charge on any atom is -0.00134 e. The Labute approximate surface area is 199 Å². The second kappa shape index (κ2) is 10.8. The first kappa shape index (κ1) is 22.6. The second-order valence-corrected chi connectivity index (χ2v) is 8.50. The minimum Gasteiger partial charge on any atom is -0.0991 e. The molecule has 6 rings (SSSR count). The quantitative estimate of drug-likeness (QED) is 0.247. The van der Waals surface area contributed by atoms with Crippen molar-refractivity contribution >= 4 is 0 Å². The smallest absolute Gasteiger partial charge is 0.00134 e. The third-order valence-corrected chi connectivity index (χ3v) is 6.30. The highest BCUT2D eigenvalue weighted by Crippen LogP contribution is 2.39. The van der Waals surface area contributed by atoms with E-state index in [1.807, 2.05) is 0 Å². The molecule has 0 aliphatic heterocycles. The molecule has 0 N–H and O–H groups in total. The topological polar surface area (TPSA) is 0 Å². The van der Waals surface area contributed by atoms with Crippen molar-refractivity contribution in [2.24, 2.45) is 0 Å². The molecule has 0 radical (unpaired) electrons. The zero-order chi connectivity index (χ0) is 23.0. The van der Waals surface area contributed by atoms with E-state index < -0.39 is 0 Å². The van der Waals surface area contributed by atoms with Crippen LogP contribution in [0.5, 0.6) is 0 Å². The zero-order valence-corrected chi connectivity index (χ0v) is 19.6. The SMILES string of the molecule is C=CC=C.CCCc1cccc2c1-c1ccccc1C2.c1ccc2c(c1)Cc1ccccc1-2. The Bertz CT molecular complexity index is 1210. The predicted molar refractivity (Wildman–Crippen MR) is 144 cm³/mol. The molecular weight excluding hydrogens is 396 g/mol. The van der Waals surface area contributed by atoms with E-state index in [9.17, 15) is 0 Å². The maximum absolute atomic E-state index is 3.36. The molecule has 33 heavy (non-hydrogen) atoms. The highest BCUT2D eigenvalue weighted by Gasteiger charge is 2.20. The number of fused-ring (bicyclic) bond motifs is 6. The standard InChI is InChI=1S/C16H16.C13H10.C4H6/c1-2-6-12-8-5-9-14-11-13-7-3-4-10-15(13)16(12)14;1-3-7-12-10(5-1)9-11-6-2-4-8-13(11)12;1-3-4-2/h3-5,7-10H,2,6,11H2,1H3;1-8H,9H2;3-4H,1-2H2. The molecule has 0 amide bonds. The van der Waals surface area contributed by atoms with Crippen LogP contribution in [0.15, 0.2) is 116 Å². The number of allylic oxidation sites excluding steroid dienone is 2. The van der Waals surface area contributed by atoms with E-state index in [-0.39, 0.29) is 0 Å². The highest BCUT2D eigenvalue weighted by atomic mass is 14.2. The van der Waals surface area contributed by atoms with Crippen LogP contribution in [0.2, 0.25) is 0 Å². The van der Waals surface area contributed by atoms with Crippen LogP contribution in [0, 0.1) is 0 Å². The van der Waals surface area contributed by atoms with Crippen LogP contribution in [-0.4, -0.2) is 0 Å². The van der Waals surface area contributed by atoms with E-state index in [0.717, 1.165) is 12.8 Å². The van der Waals surface area contributed by atoms with Crippen LogP contribution in [0.4, 0.5) is 0 Å². The molecule has 0 fully saturated rings. The van der Waals surface area contributed by atoms with Crippen molar-refractivity contribution in [1.29, 1.82) is 0 Å². The Morgan fingerprint density at radius 2 is 1.03 bits per heavy atom. The minimum absolute atomic E-state index is 1.10. The maximum atomic E-state index is 3.36. The van der Waals surface area contributed by atoms with Crippen LogP contribution in [0.25, 0.3) is 22.3 Å². The highest BCUT2D eigenvalue weighted by molar-refractivity contribution is 5.79. The van der Waals surface area contributed by atoms with Gasteiger partial charge in [-0.3, -0.25) is 0 Å². The molecule has 0 saturated carbocycles. The minimum atomic E-state index is 1.10. The molecule has 2 aliphatic rings. The van der Waals surface area contributed by atoms with Crippen LogP contribution >= 0.6 is 0 Å². The molecule has 4 aromatic carbocycles. The van der Waals surface area contributed by atoms with Gasteiger partial charge in [-0.1, -0.05) is 130 Å². The van der Waals surface area contributed by atoms with Crippen LogP contribution in [0.3, 0.4) is 0 Å². The summed E-state index contributed by atoms with van der Waals surface area (Å²) in [6.07, 6.45) is 7.91.